The average Bonchev–Trinajstić information content (AvgIpc) is 2.33. The van der Waals surface area contributed by atoms with Gasteiger partial charge in [-0.15, -0.1) is 0 Å². The first-order chi connectivity index (χ1) is 8.28. The monoisotopic (exact) mass is 253 g/mol. The van der Waals surface area contributed by atoms with E-state index in [9.17, 15) is 4.21 Å². The summed E-state index contributed by atoms with van der Waals surface area (Å²) < 4.78 is 16.4. The number of anilines is 1. The smallest absolute Gasteiger partial charge is 0.0713 e. The molecule has 1 aliphatic rings. The second-order valence-electron chi connectivity index (χ2n) is 4.40. The number of ether oxygens (including phenoxy) is 1. The van der Waals surface area contributed by atoms with Crippen LogP contribution in [0.15, 0.2) is 24.3 Å². The lowest BCUT2D eigenvalue weighted by atomic mass is 10.1. The standard InChI is InChI=1S/C13H19NO2S/c1-16-10-11-3-2-4-13(9-11)14-12-5-7-17(15)8-6-12/h2-4,9,12,14H,5-8,10H2,1H3. The Kier molecular flexibility index (Phi) is 4.57. The van der Waals surface area contributed by atoms with Crippen LogP contribution in [0.3, 0.4) is 0 Å². The quantitative estimate of drug-likeness (QED) is 0.893. The molecule has 1 aromatic carbocycles. The van der Waals surface area contributed by atoms with Crippen LogP contribution in [0.5, 0.6) is 0 Å². The SMILES string of the molecule is COCc1cccc(NC2CCS(=O)CC2)c1. The fourth-order valence-corrected chi connectivity index (χ4v) is 3.39. The van der Waals surface area contributed by atoms with Crippen LogP contribution in [-0.2, 0) is 22.1 Å². The molecule has 3 nitrogen and oxygen atoms in total. The van der Waals surface area contributed by atoms with Gasteiger partial charge in [-0.25, -0.2) is 0 Å². The maximum absolute atomic E-state index is 11.3. The molecule has 0 unspecified atom stereocenters. The Morgan fingerprint density at radius 1 is 1.41 bits per heavy atom. The van der Waals surface area contributed by atoms with Crippen molar-refractivity contribution >= 4 is 16.5 Å². The van der Waals surface area contributed by atoms with Crippen molar-refractivity contribution in [1.82, 2.24) is 0 Å². The van der Waals surface area contributed by atoms with Crippen LogP contribution in [0.25, 0.3) is 0 Å². The molecule has 1 N–H and O–H groups in total. The summed E-state index contributed by atoms with van der Waals surface area (Å²) in [5.74, 6) is 1.66. The predicted octanol–water partition coefficient (Wildman–Crippen LogP) is 2.16. The number of rotatable bonds is 4. The van der Waals surface area contributed by atoms with Gasteiger partial charge >= 0.3 is 0 Å². The highest BCUT2D eigenvalue weighted by atomic mass is 32.2. The molecule has 1 aliphatic heterocycles. The minimum atomic E-state index is -0.586. The zero-order valence-corrected chi connectivity index (χ0v) is 11.0. The molecule has 0 aromatic heterocycles. The molecule has 17 heavy (non-hydrogen) atoms. The molecule has 1 saturated heterocycles. The van der Waals surface area contributed by atoms with Crippen molar-refractivity contribution in [1.29, 1.82) is 0 Å². The first-order valence-corrected chi connectivity index (χ1v) is 7.46. The third-order valence-electron chi connectivity index (χ3n) is 3.00. The maximum atomic E-state index is 11.3. The molecule has 0 aliphatic carbocycles. The van der Waals surface area contributed by atoms with Gasteiger partial charge in [0.15, 0.2) is 0 Å². The molecule has 1 fully saturated rings. The third-order valence-corrected chi connectivity index (χ3v) is 4.38. The summed E-state index contributed by atoms with van der Waals surface area (Å²) in [5.41, 5.74) is 2.31. The van der Waals surface area contributed by atoms with Crippen LogP contribution >= 0.6 is 0 Å². The summed E-state index contributed by atoms with van der Waals surface area (Å²) in [6, 6.07) is 8.76. The molecule has 0 amide bonds. The van der Waals surface area contributed by atoms with Gasteiger partial charge in [-0.2, -0.15) is 0 Å². The van der Waals surface area contributed by atoms with Crippen LogP contribution in [0.4, 0.5) is 5.69 Å². The van der Waals surface area contributed by atoms with E-state index >= 15 is 0 Å². The largest absolute Gasteiger partial charge is 0.382 e. The van der Waals surface area contributed by atoms with Crippen molar-refractivity contribution in [2.45, 2.75) is 25.5 Å². The Bertz CT molecular complexity index is 385. The summed E-state index contributed by atoms with van der Waals surface area (Å²) in [4.78, 5) is 0. The first kappa shape index (κ1) is 12.6. The van der Waals surface area contributed by atoms with Crippen molar-refractivity contribution in [2.24, 2.45) is 0 Å². The fraction of sp³-hybridized carbons (Fsp3) is 0.538. The molecule has 1 heterocycles. The van der Waals surface area contributed by atoms with E-state index in [0.29, 0.717) is 12.6 Å². The molecule has 0 radical (unpaired) electrons. The van der Waals surface area contributed by atoms with Crippen LogP contribution in [-0.4, -0.2) is 28.9 Å². The predicted molar refractivity (Wildman–Crippen MR) is 71.7 cm³/mol. The number of hydrogen-bond donors (Lipinski definition) is 1. The Hall–Kier alpha value is -0.870. The van der Waals surface area contributed by atoms with Gasteiger partial charge in [0.1, 0.15) is 0 Å². The number of hydrogen-bond acceptors (Lipinski definition) is 3. The van der Waals surface area contributed by atoms with Gasteiger partial charge in [-0.3, -0.25) is 4.21 Å². The van der Waals surface area contributed by atoms with E-state index in [1.807, 2.05) is 6.07 Å². The van der Waals surface area contributed by atoms with E-state index in [0.717, 1.165) is 30.0 Å². The Morgan fingerprint density at radius 2 is 2.18 bits per heavy atom. The molecular weight excluding hydrogens is 234 g/mol. The summed E-state index contributed by atoms with van der Waals surface area (Å²) in [7, 11) is 1.12. The van der Waals surface area contributed by atoms with Gasteiger partial charge in [-0.05, 0) is 30.5 Å². The summed E-state index contributed by atoms with van der Waals surface area (Å²) in [5, 5.41) is 3.51. The van der Waals surface area contributed by atoms with Gasteiger partial charge < -0.3 is 10.1 Å². The Balaban J connectivity index is 1.93. The molecule has 2 rings (SSSR count). The van der Waals surface area contributed by atoms with Crippen LogP contribution in [0, 0.1) is 0 Å². The highest BCUT2D eigenvalue weighted by Crippen LogP contribution is 2.17. The lowest BCUT2D eigenvalue weighted by molar-refractivity contribution is 0.185. The van der Waals surface area contributed by atoms with Gasteiger partial charge in [0.25, 0.3) is 0 Å². The number of benzene rings is 1. The molecule has 4 heteroatoms. The maximum Gasteiger partial charge on any atom is 0.0713 e. The van der Waals surface area contributed by atoms with Gasteiger partial charge in [0.2, 0.25) is 0 Å². The van der Waals surface area contributed by atoms with E-state index in [1.165, 1.54) is 5.56 Å². The van der Waals surface area contributed by atoms with Gasteiger partial charge in [0, 0.05) is 41.1 Å². The first-order valence-electron chi connectivity index (χ1n) is 5.97. The van der Waals surface area contributed by atoms with E-state index in [1.54, 1.807) is 7.11 Å². The number of nitrogens with one attached hydrogen (secondary N) is 1. The molecule has 0 saturated carbocycles. The third kappa shape index (κ3) is 3.82. The highest BCUT2D eigenvalue weighted by Gasteiger charge is 2.17. The van der Waals surface area contributed by atoms with E-state index in [2.05, 4.69) is 23.5 Å². The Labute approximate surface area is 105 Å². The lowest BCUT2D eigenvalue weighted by Gasteiger charge is -2.23. The van der Waals surface area contributed by atoms with Crippen molar-refractivity contribution in [3.05, 3.63) is 29.8 Å². The average molecular weight is 253 g/mol. The van der Waals surface area contributed by atoms with E-state index in [-0.39, 0.29) is 0 Å². The Morgan fingerprint density at radius 3 is 2.88 bits per heavy atom. The normalized spacial score (nSPS) is 24.5. The lowest BCUT2D eigenvalue weighted by Crippen LogP contribution is -2.29. The second kappa shape index (κ2) is 6.17. The number of methoxy groups -OCH3 is 1. The van der Waals surface area contributed by atoms with Gasteiger partial charge in [0.05, 0.1) is 6.61 Å². The zero-order chi connectivity index (χ0) is 12.1. The van der Waals surface area contributed by atoms with Crippen LogP contribution < -0.4 is 5.32 Å². The molecule has 0 spiro atoms. The summed E-state index contributed by atoms with van der Waals surface area (Å²) in [6.45, 7) is 0.643. The van der Waals surface area contributed by atoms with E-state index in [4.69, 9.17) is 4.74 Å². The topological polar surface area (TPSA) is 38.3 Å². The minimum absolute atomic E-state index is 0.463. The van der Waals surface area contributed by atoms with Crippen molar-refractivity contribution in [3.8, 4) is 0 Å². The van der Waals surface area contributed by atoms with Crippen molar-refractivity contribution < 1.29 is 8.95 Å². The zero-order valence-electron chi connectivity index (χ0n) is 10.1. The van der Waals surface area contributed by atoms with E-state index < -0.39 is 10.8 Å². The summed E-state index contributed by atoms with van der Waals surface area (Å²) >= 11 is 0. The second-order valence-corrected chi connectivity index (χ2v) is 6.10. The van der Waals surface area contributed by atoms with Crippen LogP contribution in [0.1, 0.15) is 18.4 Å². The van der Waals surface area contributed by atoms with Crippen LogP contribution in [0.2, 0.25) is 0 Å². The molecule has 0 atom stereocenters. The molecular formula is C13H19NO2S. The highest BCUT2D eigenvalue weighted by molar-refractivity contribution is 7.85. The van der Waals surface area contributed by atoms with Crippen molar-refractivity contribution in [3.63, 3.8) is 0 Å². The minimum Gasteiger partial charge on any atom is -0.382 e. The molecule has 94 valence electrons. The fourth-order valence-electron chi connectivity index (χ4n) is 2.09. The summed E-state index contributed by atoms with van der Waals surface area (Å²) in [6.07, 6.45) is 2.00. The van der Waals surface area contributed by atoms with Gasteiger partial charge in [-0.1, -0.05) is 12.1 Å². The molecule has 0 bridgehead atoms. The molecule has 1 aromatic rings. The van der Waals surface area contributed by atoms with Crippen molar-refractivity contribution in [2.75, 3.05) is 23.9 Å².